The van der Waals surface area contributed by atoms with Crippen molar-refractivity contribution in [1.82, 2.24) is 4.90 Å². The van der Waals surface area contributed by atoms with Crippen LogP contribution >= 0.6 is 0 Å². The fraction of sp³-hybridized carbons (Fsp3) is 0.364. The van der Waals surface area contributed by atoms with Crippen LogP contribution in [0.15, 0.2) is 36.4 Å². The summed E-state index contributed by atoms with van der Waals surface area (Å²) in [4.78, 5) is 29.8. The minimum atomic E-state index is -0.739. The monoisotopic (exact) mass is 396 g/mol. The average Bonchev–Trinajstić information content (AvgIpc) is 3.30. The van der Waals surface area contributed by atoms with Crippen molar-refractivity contribution in [3.8, 4) is 17.2 Å². The summed E-state index contributed by atoms with van der Waals surface area (Å²) in [6, 6.07) is 10.8. The number of carbonyl (C=O) groups is 2. The van der Waals surface area contributed by atoms with Gasteiger partial charge in [0.2, 0.25) is 5.91 Å². The molecule has 0 radical (unpaired) electrons. The van der Waals surface area contributed by atoms with Gasteiger partial charge in [-0.15, -0.1) is 0 Å². The van der Waals surface area contributed by atoms with Crippen LogP contribution in [0.2, 0.25) is 0 Å². The molecule has 1 fully saturated rings. The van der Waals surface area contributed by atoms with Crippen LogP contribution in [-0.4, -0.2) is 58.2 Å². The number of carbonyl (C=O) groups excluding carboxylic acids is 2. The van der Waals surface area contributed by atoms with E-state index in [2.05, 4.69) is 0 Å². The predicted octanol–water partition coefficient (Wildman–Crippen LogP) is 2.47. The molecule has 2 aliphatic rings. The number of hydrogen-bond acceptors (Lipinski definition) is 5. The van der Waals surface area contributed by atoms with Crippen molar-refractivity contribution in [1.29, 1.82) is 0 Å². The van der Waals surface area contributed by atoms with Crippen LogP contribution in [0.1, 0.15) is 22.3 Å². The quantitative estimate of drug-likeness (QED) is 0.794. The summed E-state index contributed by atoms with van der Waals surface area (Å²) in [6.45, 7) is 0.823. The summed E-state index contributed by atoms with van der Waals surface area (Å²) in [5.74, 6) is 1.67. The minimum absolute atomic E-state index is 0.0132. The second kappa shape index (κ2) is 6.99. The van der Waals surface area contributed by atoms with Crippen molar-refractivity contribution in [3.63, 3.8) is 0 Å². The van der Waals surface area contributed by atoms with Crippen LogP contribution in [-0.2, 0) is 10.2 Å². The van der Waals surface area contributed by atoms with E-state index in [4.69, 9.17) is 14.2 Å². The molecule has 2 amide bonds. The molecule has 0 N–H and O–H groups in total. The summed E-state index contributed by atoms with van der Waals surface area (Å²) < 4.78 is 15.9. The fourth-order valence-electron chi connectivity index (χ4n) is 4.35. The van der Waals surface area contributed by atoms with Gasteiger partial charge >= 0.3 is 0 Å². The number of anilines is 1. The predicted molar refractivity (Wildman–Crippen MR) is 108 cm³/mol. The van der Waals surface area contributed by atoms with E-state index in [1.165, 1.54) is 0 Å². The van der Waals surface area contributed by atoms with Crippen molar-refractivity contribution in [2.24, 2.45) is 0 Å². The van der Waals surface area contributed by atoms with Crippen LogP contribution in [0.3, 0.4) is 0 Å². The molecule has 2 heterocycles. The lowest BCUT2D eigenvalue weighted by atomic mass is 9.81. The highest BCUT2D eigenvalue weighted by molar-refractivity contribution is 6.09. The molecule has 152 valence electrons. The first-order valence-corrected chi connectivity index (χ1v) is 9.42. The molecule has 0 bridgehead atoms. The molecule has 0 aromatic heterocycles. The highest BCUT2D eigenvalue weighted by Crippen LogP contribution is 2.48. The standard InChI is InChI=1S/C22H24N2O5/c1-23-19-6-5-15(27-2)12-18(19)22(21(23)26)7-8-24(13-22)20(25)14-9-16(28-3)11-17(10-14)29-4/h5-6,9-12H,7-8,13H2,1-4H3/t22-/m1/s1. The lowest BCUT2D eigenvalue weighted by Crippen LogP contribution is -2.42. The van der Waals surface area contributed by atoms with Crippen molar-refractivity contribution in [3.05, 3.63) is 47.5 Å². The Morgan fingerprint density at radius 2 is 1.62 bits per heavy atom. The Labute approximate surface area is 169 Å². The third-order valence-corrected chi connectivity index (χ3v) is 5.95. The Balaban J connectivity index is 1.68. The molecule has 2 aromatic rings. The number of likely N-dealkylation sites (N-methyl/N-ethyl adjacent to an activating group) is 1. The first-order valence-electron chi connectivity index (χ1n) is 9.42. The Morgan fingerprint density at radius 1 is 0.966 bits per heavy atom. The molecule has 0 unspecified atom stereocenters. The zero-order valence-electron chi connectivity index (χ0n) is 17.0. The highest BCUT2D eigenvalue weighted by atomic mass is 16.5. The maximum absolute atomic E-state index is 13.2. The summed E-state index contributed by atoms with van der Waals surface area (Å²) in [5.41, 5.74) is 1.52. The number of methoxy groups -OCH3 is 3. The third kappa shape index (κ3) is 2.88. The number of likely N-dealkylation sites (tertiary alicyclic amines) is 1. The van der Waals surface area contributed by atoms with E-state index in [1.54, 1.807) is 56.4 Å². The normalized spacial score (nSPS) is 20.2. The van der Waals surface area contributed by atoms with Crippen LogP contribution in [0.4, 0.5) is 5.69 Å². The topological polar surface area (TPSA) is 68.3 Å². The van der Waals surface area contributed by atoms with Gasteiger partial charge in [0.1, 0.15) is 17.2 Å². The number of amides is 2. The van der Waals surface area contributed by atoms with Gasteiger partial charge in [0.05, 0.1) is 26.7 Å². The van der Waals surface area contributed by atoms with E-state index in [0.717, 1.165) is 11.3 Å². The van der Waals surface area contributed by atoms with Gasteiger partial charge in [-0.1, -0.05) is 0 Å². The van der Waals surface area contributed by atoms with Crippen molar-refractivity contribution in [2.45, 2.75) is 11.8 Å². The van der Waals surface area contributed by atoms with Crippen LogP contribution < -0.4 is 19.1 Å². The van der Waals surface area contributed by atoms with Gasteiger partial charge in [-0.3, -0.25) is 9.59 Å². The van der Waals surface area contributed by atoms with Gasteiger partial charge in [-0.25, -0.2) is 0 Å². The number of hydrogen-bond donors (Lipinski definition) is 0. The van der Waals surface area contributed by atoms with Gasteiger partial charge in [0.15, 0.2) is 0 Å². The van der Waals surface area contributed by atoms with E-state index >= 15 is 0 Å². The summed E-state index contributed by atoms with van der Waals surface area (Å²) >= 11 is 0. The molecule has 1 spiro atoms. The Kier molecular flexibility index (Phi) is 4.61. The molecular weight excluding hydrogens is 372 g/mol. The molecule has 2 aromatic carbocycles. The molecule has 1 atom stereocenters. The lowest BCUT2D eigenvalue weighted by Gasteiger charge is -2.24. The van der Waals surface area contributed by atoms with E-state index in [9.17, 15) is 9.59 Å². The van der Waals surface area contributed by atoms with Gasteiger partial charge in [-0.05, 0) is 42.3 Å². The second-order valence-corrected chi connectivity index (χ2v) is 7.41. The molecule has 1 saturated heterocycles. The zero-order valence-corrected chi connectivity index (χ0v) is 17.0. The summed E-state index contributed by atoms with van der Waals surface area (Å²) in [6.07, 6.45) is 0.573. The van der Waals surface area contributed by atoms with Crippen molar-refractivity contribution >= 4 is 17.5 Å². The molecular formula is C22H24N2O5. The molecule has 2 aliphatic heterocycles. The second-order valence-electron chi connectivity index (χ2n) is 7.41. The third-order valence-electron chi connectivity index (χ3n) is 5.95. The smallest absolute Gasteiger partial charge is 0.254 e. The van der Waals surface area contributed by atoms with E-state index in [-0.39, 0.29) is 11.8 Å². The van der Waals surface area contributed by atoms with Gasteiger partial charge < -0.3 is 24.0 Å². The fourth-order valence-corrected chi connectivity index (χ4v) is 4.35. The average molecular weight is 396 g/mol. The molecule has 7 nitrogen and oxygen atoms in total. The van der Waals surface area contributed by atoms with Crippen molar-refractivity contribution in [2.75, 3.05) is 46.4 Å². The molecule has 0 saturated carbocycles. The Hall–Kier alpha value is -3.22. The Bertz CT molecular complexity index is 967. The zero-order chi connectivity index (χ0) is 20.8. The number of fused-ring (bicyclic) bond motifs is 2. The molecule has 29 heavy (non-hydrogen) atoms. The first kappa shape index (κ1) is 19.1. The first-order chi connectivity index (χ1) is 13.9. The number of nitrogens with zero attached hydrogens (tertiary/aromatic N) is 2. The lowest BCUT2D eigenvalue weighted by molar-refractivity contribution is -0.122. The Morgan fingerprint density at radius 3 is 2.24 bits per heavy atom. The minimum Gasteiger partial charge on any atom is -0.497 e. The molecule has 7 heteroatoms. The van der Waals surface area contributed by atoms with Gasteiger partial charge in [0.25, 0.3) is 5.91 Å². The maximum atomic E-state index is 13.2. The van der Waals surface area contributed by atoms with Gasteiger partial charge in [-0.2, -0.15) is 0 Å². The largest absolute Gasteiger partial charge is 0.497 e. The van der Waals surface area contributed by atoms with Gasteiger partial charge in [0, 0.05) is 37.5 Å². The summed E-state index contributed by atoms with van der Waals surface area (Å²) in [5, 5.41) is 0. The highest BCUT2D eigenvalue weighted by Gasteiger charge is 2.54. The van der Waals surface area contributed by atoms with Crippen LogP contribution in [0.25, 0.3) is 0 Å². The van der Waals surface area contributed by atoms with Crippen molar-refractivity contribution < 1.29 is 23.8 Å². The number of benzene rings is 2. The van der Waals surface area contributed by atoms with E-state index in [1.807, 2.05) is 18.2 Å². The maximum Gasteiger partial charge on any atom is 0.254 e. The van der Waals surface area contributed by atoms with E-state index < -0.39 is 5.41 Å². The molecule has 0 aliphatic carbocycles. The number of ether oxygens (including phenoxy) is 3. The SMILES string of the molecule is COc1cc(OC)cc(C(=O)N2CC[C@]3(C2)C(=O)N(C)c2ccc(OC)cc23)c1. The van der Waals surface area contributed by atoms with Crippen LogP contribution in [0, 0.1) is 0 Å². The van der Waals surface area contributed by atoms with Crippen LogP contribution in [0.5, 0.6) is 17.2 Å². The van der Waals surface area contributed by atoms with E-state index in [0.29, 0.717) is 42.3 Å². The number of rotatable bonds is 4. The molecule has 4 rings (SSSR count). The summed E-state index contributed by atoms with van der Waals surface area (Å²) in [7, 11) is 6.48.